The van der Waals surface area contributed by atoms with Crippen LogP contribution in [0.25, 0.3) is 22.7 Å². The zero-order valence-electron chi connectivity index (χ0n) is 16.3. The summed E-state index contributed by atoms with van der Waals surface area (Å²) in [6.07, 6.45) is 0.887. The van der Waals surface area contributed by atoms with Crippen molar-refractivity contribution in [3.63, 3.8) is 0 Å². The van der Waals surface area contributed by atoms with Gasteiger partial charge >= 0.3 is 0 Å². The summed E-state index contributed by atoms with van der Waals surface area (Å²) in [5, 5.41) is 0. The lowest BCUT2D eigenvalue weighted by molar-refractivity contribution is 0.307. The van der Waals surface area contributed by atoms with Crippen LogP contribution in [0, 0.1) is 6.92 Å². The van der Waals surface area contributed by atoms with Crippen molar-refractivity contribution in [1.29, 1.82) is 0 Å². The lowest BCUT2D eigenvalue weighted by atomic mass is 10.0. The summed E-state index contributed by atoms with van der Waals surface area (Å²) in [6, 6.07) is 18.2. The molecule has 0 aliphatic carbocycles. The third-order valence-electron chi connectivity index (χ3n) is 4.64. The molecule has 0 radical (unpaired) electrons. The van der Waals surface area contributed by atoms with Crippen LogP contribution in [-0.4, -0.2) is 21.6 Å². The van der Waals surface area contributed by atoms with E-state index in [1.165, 1.54) is 0 Å². The van der Waals surface area contributed by atoms with Crippen LogP contribution >= 0.6 is 0 Å². The minimum atomic E-state index is 0.0158. The van der Waals surface area contributed by atoms with Gasteiger partial charge in [0.25, 0.3) is 5.71 Å². The van der Waals surface area contributed by atoms with Gasteiger partial charge in [0.05, 0.1) is 6.61 Å². The van der Waals surface area contributed by atoms with E-state index in [4.69, 9.17) is 9.15 Å². The van der Waals surface area contributed by atoms with Crippen LogP contribution in [0.1, 0.15) is 43.1 Å². The monoisotopic (exact) mass is 373 g/mol. The fourth-order valence-corrected chi connectivity index (χ4v) is 3.10. The summed E-state index contributed by atoms with van der Waals surface area (Å²) in [7, 11) is 0. The molecule has 0 fully saturated rings. The van der Waals surface area contributed by atoms with Gasteiger partial charge in [0.2, 0.25) is 11.8 Å². The van der Waals surface area contributed by atoms with Crippen molar-refractivity contribution in [2.75, 3.05) is 6.61 Å². The van der Waals surface area contributed by atoms with Crippen molar-refractivity contribution in [1.82, 2.24) is 15.0 Å². The van der Waals surface area contributed by atoms with Gasteiger partial charge < -0.3 is 9.15 Å². The number of hydrogen-bond acceptors (Lipinski definition) is 5. The number of hydrogen-bond donors (Lipinski definition) is 0. The summed E-state index contributed by atoms with van der Waals surface area (Å²) in [6.45, 7) is 6.75. The Balaban J connectivity index is 1.82. The molecule has 5 heteroatoms. The lowest BCUT2D eigenvalue weighted by Crippen LogP contribution is -2.06. The molecule has 4 aromatic rings. The largest absolute Gasteiger partial charge is 0.476 e. The Morgan fingerprint density at radius 3 is 2.57 bits per heavy atom. The third kappa shape index (κ3) is 3.60. The molecule has 0 saturated heterocycles. The van der Waals surface area contributed by atoms with Crippen molar-refractivity contribution in [3.05, 3.63) is 71.5 Å². The molecule has 0 spiro atoms. The van der Waals surface area contributed by atoms with Crippen molar-refractivity contribution >= 4 is 11.2 Å². The fraction of sp³-hybridized carbons (Fsp3) is 0.261. The molecule has 5 nitrogen and oxygen atoms in total. The second-order valence-corrected chi connectivity index (χ2v) is 6.91. The van der Waals surface area contributed by atoms with Gasteiger partial charge in [0.1, 0.15) is 5.82 Å². The molecular weight excluding hydrogens is 350 g/mol. The van der Waals surface area contributed by atoms with Gasteiger partial charge in [-0.05, 0) is 31.0 Å². The van der Waals surface area contributed by atoms with Gasteiger partial charge in [-0.15, -0.1) is 0 Å². The number of benzene rings is 2. The Morgan fingerprint density at radius 1 is 1.00 bits per heavy atom. The standard InChI is InChI=1S/C23H23N3O2/c1-4-13-27-22-19-23(28-21(24-19)18-12-8-9-15(2)14-18)26-20(25-22)16(3)17-10-6-5-7-11-17/h5-12,14,16H,4,13H2,1-3H3. The van der Waals surface area contributed by atoms with E-state index in [0.29, 0.717) is 35.4 Å². The zero-order chi connectivity index (χ0) is 19.5. The van der Waals surface area contributed by atoms with E-state index < -0.39 is 0 Å². The van der Waals surface area contributed by atoms with Crippen LogP contribution in [0.3, 0.4) is 0 Å². The number of aromatic nitrogens is 3. The highest BCUT2D eigenvalue weighted by atomic mass is 16.5. The number of aryl methyl sites for hydroxylation is 1. The van der Waals surface area contributed by atoms with Gasteiger partial charge in [-0.2, -0.15) is 9.97 Å². The van der Waals surface area contributed by atoms with Crippen LogP contribution < -0.4 is 4.74 Å². The second kappa shape index (κ2) is 7.80. The molecule has 0 saturated carbocycles. The predicted octanol–water partition coefficient (Wildman–Crippen LogP) is 5.53. The first-order chi connectivity index (χ1) is 13.7. The Morgan fingerprint density at radius 2 is 1.82 bits per heavy atom. The molecule has 4 rings (SSSR count). The van der Waals surface area contributed by atoms with E-state index in [1.54, 1.807) is 0 Å². The third-order valence-corrected chi connectivity index (χ3v) is 4.64. The summed E-state index contributed by atoms with van der Waals surface area (Å²) < 4.78 is 11.9. The highest BCUT2D eigenvalue weighted by Crippen LogP contribution is 2.31. The van der Waals surface area contributed by atoms with Crippen molar-refractivity contribution < 1.29 is 9.15 Å². The molecule has 0 bridgehead atoms. The van der Waals surface area contributed by atoms with Crippen LogP contribution in [0.4, 0.5) is 0 Å². The molecule has 142 valence electrons. The summed E-state index contributed by atoms with van der Waals surface area (Å²) >= 11 is 0. The molecule has 0 amide bonds. The van der Waals surface area contributed by atoms with Crippen LogP contribution in [0.5, 0.6) is 5.88 Å². The van der Waals surface area contributed by atoms with Gasteiger partial charge in [-0.3, -0.25) is 0 Å². The van der Waals surface area contributed by atoms with Crippen molar-refractivity contribution in [3.8, 4) is 17.3 Å². The molecular formula is C23H23N3O2. The fourth-order valence-electron chi connectivity index (χ4n) is 3.10. The highest BCUT2D eigenvalue weighted by Gasteiger charge is 2.20. The normalized spacial score (nSPS) is 12.2. The lowest BCUT2D eigenvalue weighted by Gasteiger charge is -2.12. The Hall–Kier alpha value is -3.21. The van der Waals surface area contributed by atoms with Gasteiger partial charge in [-0.1, -0.05) is 61.9 Å². The molecule has 0 N–H and O–H groups in total. The van der Waals surface area contributed by atoms with Crippen LogP contribution in [-0.2, 0) is 0 Å². The Bertz CT molecular complexity index is 1090. The van der Waals surface area contributed by atoms with Gasteiger partial charge in [0, 0.05) is 11.5 Å². The maximum atomic E-state index is 6.01. The molecule has 0 aliphatic rings. The topological polar surface area (TPSA) is 61.0 Å². The van der Waals surface area contributed by atoms with Gasteiger partial charge in [-0.25, -0.2) is 4.98 Å². The average Bonchev–Trinajstić information content (AvgIpc) is 3.16. The molecule has 2 heterocycles. The minimum absolute atomic E-state index is 0.0158. The highest BCUT2D eigenvalue weighted by molar-refractivity contribution is 5.77. The van der Waals surface area contributed by atoms with Crippen molar-refractivity contribution in [2.24, 2.45) is 0 Å². The Labute approximate surface area is 164 Å². The number of ether oxygens (including phenoxy) is 1. The number of fused-ring (bicyclic) bond motifs is 1. The maximum absolute atomic E-state index is 6.01. The quantitative estimate of drug-likeness (QED) is 0.444. The predicted molar refractivity (Wildman–Crippen MR) is 110 cm³/mol. The van der Waals surface area contributed by atoms with E-state index in [1.807, 2.05) is 49.4 Å². The summed E-state index contributed by atoms with van der Waals surface area (Å²) in [5.41, 5.74) is 4.22. The number of oxazole rings is 1. The molecule has 28 heavy (non-hydrogen) atoms. The number of rotatable bonds is 6. The van der Waals surface area contributed by atoms with Crippen molar-refractivity contribution in [2.45, 2.75) is 33.1 Å². The molecule has 1 unspecified atom stereocenters. The first-order valence-electron chi connectivity index (χ1n) is 9.59. The van der Waals surface area contributed by atoms with E-state index in [9.17, 15) is 0 Å². The molecule has 0 aliphatic heterocycles. The number of nitrogens with zero attached hydrogens (tertiary/aromatic N) is 3. The van der Waals surface area contributed by atoms with E-state index in [2.05, 4.69) is 40.9 Å². The minimum Gasteiger partial charge on any atom is -0.476 e. The smallest absolute Gasteiger partial charge is 0.254 e. The van der Waals surface area contributed by atoms with E-state index >= 15 is 0 Å². The van der Waals surface area contributed by atoms with Crippen LogP contribution in [0.2, 0.25) is 0 Å². The van der Waals surface area contributed by atoms with E-state index in [0.717, 1.165) is 23.1 Å². The first-order valence-corrected chi connectivity index (χ1v) is 9.59. The van der Waals surface area contributed by atoms with Crippen LogP contribution in [0.15, 0.2) is 59.0 Å². The summed E-state index contributed by atoms with van der Waals surface area (Å²) in [4.78, 5) is 14.0. The second-order valence-electron chi connectivity index (χ2n) is 6.91. The average molecular weight is 373 g/mol. The van der Waals surface area contributed by atoms with Gasteiger partial charge in [0.15, 0.2) is 5.52 Å². The maximum Gasteiger partial charge on any atom is 0.254 e. The zero-order valence-corrected chi connectivity index (χ0v) is 16.3. The first kappa shape index (κ1) is 18.2. The SMILES string of the molecule is CCCOc1nc(C(C)c2ccccc2)nc2oc(-c3cccc(C)c3)nc12. The van der Waals surface area contributed by atoms with E-state index in [-0.39, 0.29) is 5.92 Å². The Kier molecular flexibility index (Phi) is 5.06. The molecule has 2 aromatic heterocycles. The molecule has 2 aromatic carbocycles. The summed E-state index contributed by atoms with van der Waals surface area (Å²) in [5.74, 6) is 1.69. The molecule has 1 atom stereocenters.